The van der Waals surface area contributed by atoms with Crippen molar-refractivity contribution >= 4 is 0 Å². The van der Waals surface area contributed by atoms with Gasteiger partial charge in [0.05, 0.1) is 0 Å². The minimum absolute atomic E-state index is 0.346. The molecule has 0 atom stereocenters. The first-order valence-electron chi connectivity index (χ1n) is 5.35. The van der Waals surface area contributed by atoms with Gasteiger partial charge in [-0.25, -0.2) is 0 Å². The molecule has 0 N–H and O–H groups in total. The number of hydrogen-bond acceptors (Lipinski definition) is 0. The van der Waals surface area contributed by atoms with E-state index in [0.717, 1.165) is 0 Å². The Morgan fingerprint density at radius 1 is 1.08 bits per heavy atom. The molecule has 78 valence electrons. The third kappa shape index (κ3) is 6.86. The van der Waals surface area contributed by atoms with Crippen LogP contribution >= 0.6 is 0 Å². The van der Waals surface area contributed by atoms with Gasteiger partial charge < -0.3 is 0 Å². The zero-order chi connectivity index (χ0) is 10.7. The Hall–Kier alpha value is -0.260. The summed E-state index contributed by atoms with van der Waals surface area (Å²) in [6, 6.07) is 0. The van der Waals surface area contributed by atoms with Gasteiger partial charge in [0, 0.05) is 0 Å². The zero-order valence-electron chi connectivity index (χ0n) is 10.5. The van der Waals surface area contributed by atoms with Crippen LogP contribution < -0.4 is 0 Å². The monoisotopic (exact) mass is 182 g/mol. The molecule has 0 fully saturated rings. The Kier molecular flexibility index (Phi) is 4.22. The first kappa shape index (κ1) is 12.7. The summed E-state index contributed by atoms with van der Waals surface area (Å²) in [7, 11) is 0. The quantitative estimate of drug-likeness (QED) is 0.550. The Labute approximate surface area is 84.4 Å². The van der Waals surface area contributed by atoms with Crippen LogP contribution in [0, 0.1) is 10.8 Å². The standard InChI is InChI=1S/C13H26/c1-8-11(2)9-13(6,7)10-12(3,4)5/h9H,8,10H2,1-7H3/b11-9+. The molecule has 0 heteroatoms. The van der Waals surface area contributed by atoms with Gasteiger partial charge in [0.2, 0.25) is 0 Å². The molecular weight excluding hydrogens is 156 g/mol. The number of hydrogen-bond donors (Lipinski definition) is 0. The highest BCUT2D eigenvalue weighted by Gasteiger charge is 2.23. The highest BCUT2D eigenvalue weighted by molar-refractivity contribution is 5.05. The van der Waals surface area contributed by atoms with Crippen molar-refractivity contribution < 1.29 is 0 Å². The van der Waals surface area contributed by atoms with E-state index in [-0.39, 0.29) is 0 Å². The second-order valence-electron chi connectivity index (χ2n) is 6.07. The summed E-state index contributed by atoms with van der Waals surface area (Å²) in [6.07, 6.45) is 4.85. The average molecular weight is 182 g/mol. The molecule has 0 aliphatic rings. The molecule has 0 saturated heterocycles. The molecule has 0 aromatic heterocycles. The summed E-state index contributed by atoms with van der Waals surface area (Å²) in [5.74, 6) is 0. The number of allylic oxidation sites excluding steroid dienone is 2. The van der Waals surface area contributed by atoms with Gasteiger partial charge in [0.1, 0.15) is 0 Å². The topological polar surface area (TPSA) is 0 Å². The molecule has 0 bridgehead atoms. The van der Waals surface area contributed by atoms with E-state index < -0.39 is 0 Å². The Bertz CT molecular complexity index is 177. The summed E-state index contributed by atoms with van der Waals surface area (Å²) < 4.78 is 0. The smallest absolute Gasteiger partial charge is 0.0167 e. The largest absolute Gasteiger partial charge is 0.0799 e. The molecule has 13 heavy (non-hydrogen) atoms. The lowest BCUT2D eigenvalue weighted by Gasteiger charge is -2.30. The molecule has 0 aliphatic heterocycles. The Morgan fingerprint density at radius 3 is 1.85 bits per heavy atom. The Balaban J connectivity index is 4.41. The molecule has 0 nitrogen and oxygen atoms in total. The van der Waals surface area contributed by atoms with Gasteiger partial charge in [0.25, 0.3) is 0 Å². The highest BCUT2D eigenvalue weighted by atomic mass is 14.3. The van der Waals surface area contributed by atoms with Gasteiger partial charge >= 0.3 is 0 Å². The maximum absolute atomic E-state index is 2.43. The van der Waals surface area contributed by atoms with Crippen LogP contribution in [0.2, 0.25) is 0 Å². The minimum Gasteiger partial charge on any atom is -0.0799 e. The summed E-state index contributed by atoms with van der Waals surface area (Å²) in [5, 5.41) is 0. The lowest BCUT2D eigenvalue weighted by Crippen LogP contribution is -2.18. The molecule has 0 aromatic rings. The maximum atomic E-state index is 2.43. The van der Waals surface area contributed by atoms with Crippen LogP contribution in [0.5, 0.6) is 0 Å². The van der Waals surface area contributed by atoms with Gasteiger partial charge in [-0.15, -0.1) is 0 Å². The number of rotatable bonds is 3. The van der Waals surface area contributed by atoms with Crippen LogP contribution in [0.4, 0.5) is 0 Å². The van der Waals surface area contributed by atoms with E-state index in [1.807, 2.05) is 0 Å². The van der Waals surface area contributed by atoms with E-state index >= 15 is 0 Å². The highest BCUT2D eigenvalue weighted by Crippen LogP contribution is 2.35. The van der Waals surface area contributed by atoms with E-state index in [1.165, 1.54) is 18.4 Å². The van der Waals surface area contributed by atoms with Crippen molar-refractivity contribution in [2.24, 2.45) is 10.8 Å². The molecule has 0 aromatic carbocycles. The SMILES string of the molecule is CC/C(C)=C/C(C)(C)CC(C)(C)C. The van der Waals surface area contributed by atoms with Gasteiger partial charge in [0.15, 0.2) is 0 Å². The first-order chi connectivity index (χ1) is 5.66. The summed E-state index contributed by atoms with van der Waals surface area (Å²) >= 11 is 0. The van der Waals surface area contributed by atoms with Gasteiger partial charge in [-0.1, -0.05) is 53.2 Å². The van der Waals surface area contributed by atoms with Crippen molar-refractivity contribution in [3.63, 3.8) is 0 Å². The fourth-order valence-corrected chi connectivity index (χ4v) is 2.19. The predicted octanol–water partition coefficient (Wildman–Crippen LogP) is 4.81. The molecule has 0 saturated carbocycles. The summed E-state index contributed by atoms with van der Waals surface area (Å²) in [6.45, 7) is 16.0. The van der Waals surface area contributed by atoms with Crippen molar-refractivity contribution in [3.8, 4) is 0 Å². The predicted molar refractivity (Wildman–Crippen MR) is 61.9 cm³/mol. The van der Waals surface area contributed by atoms with Gasteiger partial charge in [-0.05, 0) is 30.6 Å². The van der Waals surface area contributed by atoms with E-state index in [0.29, 0.717) is 10.8 Å². The van der Waals surface area contributed by atoms with Crippen LogP contribution in [-0.2, 0) is 0 Å². The molecule has 0 unspecified atom stereocenters. The van der Waals surface area contributed by atoms with E-state index in [2.05, 4.69) is 54.5 Å². The second kappa shape index (κ2) is 4.30. The lowest BCUT2D eigenvalue weighted by atomic mass is 9.75. The van der Waals surface area contributed by atoms with Crippen LogP contribution in [0.15, 0.2) is 11.6 Å². The van der Waals surface area contributed by atoms with Crippen molar-refractivity contribution in [2.75, 3.05) is 0 Å². The Morgan fingerprint density at radius 2 is 1.54 bits per heavy atom. The van der Waals surface area contributed by atoms with Crippen molar-refractivity contribution in [1.82, 2.24) is 0 Å². The lowest BCUT2D eigenvalue weighted by molar-refractivity contribution is 0.261. The molecule has 0 radical (unpaired) electrons. The first-order valence-corrected chi connectivity index (χ1v) is 5.35. The third-order valence-electron chi connectivity index (χ3n) is 2.18. The van der Waals surface area contributed by atoms with Gasteiger partial charge in [-0.3, -0.25) is 0 Å². The average Bonchev–Trinajstić information content (AvgIpc) is 1.80. The molecule has 0 spiro atoms. The maximum Gasteiger partial charge on any atom is -0.0167 e. The van der Waals surface area contributed by atoms with E-state index in [9.17, 15) is 0 Å². The third-order valence-corrected chi connectivity index (χ3v) is 2.18. The van der Waals surface area contributed by atoms with Crippen molar-refractivity contribution in [1.29, 1.82) is 0 Å². The summed E-state index contributed by atoms with van der Waals surface area (Å²) in [5.41, 5.74) is 2.28. The summed E-state index contributed by atoms with van der Waals surface area (Å²) in [4.78, 5) is 0. The van der Waals surface area contributed by atoms with Gasteiger partial charge in [-0.2, -0.15) is 0 Å². The van der Waals surface area contributed by atoms with E-state index in [1.54, 1.807) is 0 Å². The normalized spacial score (nSPS) is 14.8. The van der Waals surface area contributed by atoms with Crippen molar-refractivity contribution in [3.05, 3.63) is 11.6 Å². The second-order valence-corrected chi connectivity index (χ2v) is 6.07. The van der Waals surface area contributed by atoms with Crippen molar-refractivity contribution in [2.45, 2.75) is 61.3 Å². The molecule has 0 amide bonds. The van der Waals surface area contributed by atoms with Crippen LogP contribution in [0.25, 0.3) is 0 Å². The fourth-order valence-electron chi connectivity index (χ4n) is 2.19. The molecule has 0 heterocycles. The fraction of sp³-hybridized carbons (Fsp3) is 0.846. The van der Waals surface area contributed by atoms with E-state index in [4.69, 9.17) is 0 Å². The van der Waals surface area contributed by atoms with Crippen LogP contribution in [-0.4, -0.2) is 0 Å². The minimum atomic E-state index is 0.346. The zero-order valence-corrected chi connectivity index (χ0v) is 10.5. The van der Waals surface area contributed by atoms with Crippen LogP contribution in [0.3, 0.4) is 0 Å². The molecular formula is C13H26. The van der Waals surface area contributed by atoms with Crippen LogP contribution in [0.1, 0.15) is 61.3 Å². The molecule has 0 aliphatic carbocycles. The molecule has 0 rings (SSSR count).